The minimum absolute atomic E-state index is 0.0433. The number of pyridine rings is 1. The van der Waals surface area contributed by atoms with Crippen molar-refractivity contribution in [1.29, 1.82) is 0 Å². The first-order valence-electron chi connectivity index (χ1n) is 8.74. The maximum absolute atomic E-state index is 12.5. The second-order valence-corrected chi connectivity index (χ2v) is 8.38. The third-order valence-electron chi connectivity index (χ3n) is 4.06. The number of nitrogens with zero attached hydrogens (tertiary/aromatic N) is 1. The van der Waals surface area contributed by atoms with Gasteiger partial charge in [-0.1, -0.05) is 6.07 Å². The van der Waals surface area contributed by atoms with E-state index in [1.54, 1.807) is 36.7 Å². The van der Waals surface area contributed by atoms with Crippen LogP contribution in [0.25, 0.3) is 0 Å². The molecule has 0 aliphatic carbocycles. The van der Waals surface area contributed by atoms with Crippen LogP contribution in [0.4, 0.5) is 10.5 Å². The first kappa shape index (κ1) is 19.6. The lowest BCUT2D eigenvalue weighted by molar-refractivity contribution is 0.251. The van der Waals surface area contributed by atoms with Crippen molar-refractivity contribution < 1.29 is 17.6 Å². The lowest BCUT2D eigenvalue weighted by Gasteiger charge is -2.09. The number of benzene rings is 1. The normalized spacial score (nSPS) is 11.2. The predicted octanol–water partition coefficient (Wildman–Crippen LogP) is 3.32. The van der Waals surface area contributed by atoms with E-state index in [1.807, 2.05) is 19.1 Å². The summed E-state index contributed by atoms with van der Waals surface area (Å²) in [7, 11) is -3.44. The van der Waals surface area contributed by atoms with Crippen molar-refractivity contribution in [3.8, 4) is 0 Å². The van der Waals surface area contributed by atoms with E-state index in [0.29, 0.717) is 24.4 Å². The standard InChI is InChI=1S/C20H21N3O4S/c1-15-4-7-18(27-15)10-12-28(25,26)19-8-5-17(6-9-19)23-20(24)22-14-16-3-2-11-21-13-16/h2-9,11,13H,10,12,14H2,1H3,(H2,22,23,24). The number of aryl methyl sites for hydroxylation is 2. The fourth-order valence-electron chi connectivity index (χ4n) is 2.58. The van der Waals surface area contributed by atoms with Gasteiger partial charge >= 0.3 is 6.03 Å². The van der Waals surface area contributed by atoms with E-state index in [4.69, 9.17) is 4.42 Å². The van der Waals surface area contributed by atoms with Crippen LogP contribution in [-0.2, 0) is 22.8 Å². The van der Waals surface area contributed by atoms with E-state index >= 15 is 0 Å². The van der Waals surface area contributed by atoms with Crippen molar-refractivity contribution >= 4 is 21.6 Å². The van der Waals surface area contributed by atoms with Crippen LogP contribution >= 0.6 is 0 Å². The summed E-state index contributed by atoms with van der Waals surface area (Å²) in [5.41, 5.74) is 1.38. The monoisotopic (exact) mass is 399 g/mol. The molecule has 0 aliphatic heterocycles. The number of rotatable bonds is 7. The lowest BCUT2D eigenvalue weighted by Crippen LogP contribution is -2.28. The molecule has 0 radical (unpaired) electrons. The Bertz CT molecular complexity index is 1030. The summed E-state index contributed by atoms with van der Waals surface area (Å²) in [4.78, 5) is 16.1. The quantitative estimate of drug-likeness (QED) is 0.635. The number of hydrogen-bond acceptors (Lipinski definition) is 5. The van der Waals surface area contributed by atoms with Crippen molar-refractivity contribution in [3.63, 3.8) is 0 Å². The van der Waals surface area contributed by atoms with Gasteiger partial charge in [-0.05, 0) is 55.0 Å². The van der Waals surface area contributed by atoms with Gasteiger partial charge in [0.2, 0.25) is 0 Å². The number of hydrogen-bond donors (Lipinski definition) is 2. The van der Waals surface area contributed by atoms with Gasteiger partial charge in [-0.15, -0.1) is 0 Å². The molecule has 0 saturated carbocycles. The second kappa shape index (κ2) is 8.71. The zero-order valence-electron chi connectivity index (χ0n) is 15.4. The molecule has 0 bridgehead atoms. The number of furan rings is 1. The highest BCUT2D eigenvalue weighted by molar-refractivity contribution is 7.91. The zero-order valence-corrected chi connectivity index (χ0v) is 16.2. The molecule has 1 aromatic carbocycles. The first-order chi connectivity index (χ1) is 13.4. The summed E-state index contributed by atoms with van der Waals surface area (Å²) in [5.74, 6) is 1.35. The Morgan fingerprint density at radius 2 is 1.89 bits per heavy atom. The van der Waals surface area contributed by atoms with E-state index in [-0.39, 0.29) is 16.7 Å². The number of carbonyl (C=O) groups is 1. The van der Waals surface area contributed by atoms with Crippen LogP contribution in [0.5, 0.6) is 0 Å². The zero-order chi connectivity index (χ0) is 20.0. The van der Waals surface area contributed by atoms with E-state index < -0.39 is 9.84 Å². The molecule has 146 valence electrons. The Kier molecular flexibility index (Phi) is 6.10. The average molecular weight is 399 g/mol. The summed E-state index contributed by atoms with van der Waals surface area (Å²) in [6.07, 6.45) is 3.64. The highest BCUT2D eigenvalue weighted by Crippen LogP contribution is 2.17. The van der Waals surface area contributed by atoms with Crippen molar-refractivity contribution in [2.75, 3.05) is 11.1 Å². The number of aromatic nitrogens is 1. The lowest BCUT2D eigenvalue weighted by atomic mass is 10.3. The smallest absolute Gasteiger partial charge is 0.319 e. The Morgan fingerprint density at radius 3 is 2.54 bits per heavy atom. The summed E-state index contributed by atoms with van der Waals surface area (Å²) in [6.45, 7) is 2.16. The number of amides is 2. The highest BCUT2D eigenvalue weighted by atomic mass is 32.2. The molecule has 7 nitrogen and oxygen atoms in total. The van der Waals surface area contributed by atoms with Gasteiger partial charge < -0.3 is 15.1 Å². The Labute approximate surface area is 163 Å². The SMILES string of the molecule is Cc1ccc(CCS(=O)(=O)c2ccc(NC(=O)NCc3cccnc3)cc2)o1. The fourth-order valence-corrected chi connectivity index (χ4v) is 3.83. The van der Waals surface area contributed by atoms with Gasteiger partial charge in [0.15, 0.2) is 9.84 Å². The van der Waals surface area contributed by atoms with Crippen LogP contribution in [0.15, 0.2) is 70.2 Å². The molecule has 0 fully saturated rings. The van der Waals surface area contributed by atoms with Crippen LogP contribution in [0.1, 0.15) is 17.1 Å². The van der Waals surface area contributed by atoms with Crippen molar-refractivity contribution in [3.05, 3.63) is 78.0 Å². The molecule has 0 spiro atoms. The van der Waals surface area contributed by atoms with Gasteiger partial charge in [0, 0.05) is 31.0 Å². The molecule has 3 aromatic rings. The third-order valence-corrected chi connectivity index (χ3v) is 5.79. The van der Waals surface area contributed by atoms with E-state index in [9.17, 15) is 13.2 Å². The van der Waals surface area contributed by atoms with Gasteiger partial charge in [-0.25, -0.2) is 13.2 Å². The second-order valence-electron chi connectivity index (χ2n) is 6.27. The molecule has 0 saturated heterocycles. The number of anilines is 1. The van der Waals surface area contributed by atoms with Crippen LogP contribution in [0.3, 0.4) is 0 Å². The first-order valence-corrected chi connectivity index (χ1v) is 10.4. The Morgan fingerprint density at radius 1 is 1.11 bits per heavy atom. The minimum atomic E-state index is -3.44. The summed E-state index contributed by atoms with van der Waals surface area (Å²) >= 11 is 0. The van der Waals surface area contributed by atoms with Gasteiger partial charge in [0.25, 0.3) is 0 Å². The van der Waals surface area contributed by atoms with Crippen molar-refractivity contribution in [1.82, 2.24) is 10.3 Å². The Balaban J connectivity index is 1.54. The summed E-state index contributed by atoms with van der Waals surface area (Å²) in [6, 6.07) is 13.0. The topological polar surface area (TPSA) is 101 Å². The Hall–Kier alpha value is -3.13. The van der Waals surface area contributed by atoms with E-state index in [1.165, 1.54) is 12.1 Å². The van der Waals surface area contributed by atoms with Crippen molar-refractivity contribution in [2.24, 2.45) is 0 Å². The molecule has 2 amide bonds. The molecule has 28 heavy (non-hydrogen) atoms. The molecular formula is C20H21N3O4S. The van der Waals surface area contributed by atoms with E-state index in [2.05, 4.69) is 15.6 Å². The summed E-state index contributed by atoms with van der Waals surface area (Å²) < 4.78 is 30.3. The summed E-state index contributed by atoms with van der Waals surface area (Å²) in [5, 5.41) is 5.39. The van der Waals surface area contributed by atoms with Gasteiger partial charge in [0.1, 0.15) is 11.5 Å². The fraction of sp³-hybridized carbons (Fsp3) is 0.200. The largest absolute Gasteiger partial charge is 0.466 e. The van der Waals surface area contributed by atoms with Crippen LogP contribution in [0, 0.1) is 6.92 Å². The number of nitrogens with one attached hydrogen (secondary N) is 2. The number of urea groups is 1. The molecule has 2 heterocycles. The number of carbonyl (C=O) groups excluding carboxylic acids is 1. The average Bonchev–Trinajstić information content (AvgIpc) is 3.11. The molecule has 8 heteroatoms. The molecule has 0 atom stereocenters. The number of sulfone groups is 1. The highest BCUT2D eigenvalue weighted by Gasteiger charge is 2.15. The molecule has 0 unspecified atom stereocenters. The molecule has 2 N–H and O–H groups in total. The van der Waals surface area contributed by atoms with Gasteiger partial charge in [0.05, 0.1) is 10.6 Å². The van der Waals surface area contributed by atoms with Gasteiger partial charge in [-0.2, -0.15) is 0 Å². The van der Waals surface area contributed by atoms with Crippen LogP contribution < -0.4 is 10.6 Å². The van der Waals surface area contributed by atoms with Crippen LogP contribution in [-0.4, -0.2) is 25.2 Å². The van der Waals surface area contributed by atoms with E-state index in [0.717, 1.165) is 11.3 Å². The third kappa shape index (κ3) is 5.43. The molecular weight excluding hydrogens is 378 g/mol. The maximum Gasteiger partial charge on any atom is 0.319 e. The molecule has 3 rings (SSSR count). The molecule has 0 aliphatic rings. The van der Waals surface area contributed by atoms with Crippen molar-refractivity contribution in [2.45, 2.75) is 24.8 Å². The van der Waals surface area contributed by atoms with Gasteiger partial charge in [-0.3, -0.25) is 4.98 Å². The maximum atomic E-state index is 12.5. The van der Waals surface area contributed by atoms with Crippen LogP contribution in [0.2, 0.25) is 0 Å². The molecule has 2 aromatic heterocycles. The minimum Gasteiger partial charge on any atom is -0.466 e. The predicted molar refractivity (Wildman–Crippen MR) is 106 cm³/mol.